The van der Waals surface area contributed by atoms with Crippen molar-refractivity contribution in [2.75, 3.05) is 13.2 Å². The van der Waals surface area contributed by atoms with Gasteiger partial charge in [0.05, 0.1) is 13.0 Å². The lowest BCUT2D eigenvalue weighted by Crippen LogP contribution is -2.25. The van der Waals surface area contributed by atoms with Crippen molar-refractivity contribution in [3.63, 3.8) is 0 Å². The van der Waals surface area contributed by atoms with E-state index in [1.54, 1.807) is 0 Å². The van der Waals surface area contributed by atoms with Crippen molar-refractivity contribution in [1.82, 2.24) is 5.32 Å². The molecule has 0 aliphatic carbocycles. The highest BCUT2D eigenvalue weighted by molar-refractivity contribution is 5.96. The van der Waals surface area contributed by atoms with Crippen LogP contribution in [0.3, 0.4) is 0 Å². The Hall–Kier alpha value is -1.32. The first-order valence-corrected chi connectivity index (χ1v) is 6.23. The molecule has 1 N–H and O–H groups in total. The van der Waals surface area contributed by atoms with Gasteiger partial charge in [-0.1, -0.05) is 32.8 Å². The van der Waals surface area contributed by atoms with Crippen molar-refractivity contribution in [3.05, 3.63) is 12.2 Å². The number of nitrogens with one attached hydrogen (secondary N) is 1. The standard InChI is InChI=1S/C13H23NO3/c1-4-6-7-8-9-17-12(15)10-11(3)13(16)14-5-2/h3-10H2,1-2H3,(H,14,16). The van der Waals surface area contributed by atoms with Crippen LogP contribution in [-0.2, 0) is 14.3 Å². The summed E-state index contributed by atoms with van der Waals surface area (Å²) >= 11 is 0. The van der Waals surface area contributed by atoms with Crippen LogP contribution in [0.5, 0.6) is 0 Å². The van der Waals surface area contributed by atoms with Gasteiger partial charge in [-0.2, -0.15) is 0 Å². The van der Waals surface area contributed by atoms with E-state index >= 15 is 0 Å². The summed E-state index contributed by atoms with van der Waals surface area (Å²) in [7, 11) is 0. The number of carbonyl (C=O) groups excluding carboxylic acids is 2. The smallest absolute Gasteiger partial charge is 0.310 e. The molecule has 0 rings (SSSR count). The van der Waals surface area contributed by atoms with Gasteiger partial charge in [0, 0.05) is 12.1 Å². The van der Waals surface area contributed by atoms with E-state index in [-0.39, 0.29) is 23.9 Å². The van der Waals surface area contributed by atoms with Crippen LogP contribution in [0.25, 0.3) is 0 Å². The van der Waals surface area contributed by atoms with Gasteiger partial charge in [0.25, 0.3) is 0 Å². The third-order valence-corrected chi connectivity index (χ3v) is 2.28. The van der Waals surface area contributed by atoms with E-state index in [2.05, 4.69) is 18.8 Å². The maximum Gasteiger partial charge on any atom is 0.310 e. The molecule has 0 aromatic heterocycles. The summed E-state index contributed by atoms with van der Waals surface area (Å²) < 4.78 is 5.01. The molecular weight excluding hydrogens is 218 g/mol. The van der Waals surface area contributed by atoms with Crippen molar-refractivity contribution in [2.24, 2.45) is 0 Å². The molecule has 98 valence electrons. The Labute approximate surface area is 103 Å². The van der Waals surface area contributed by atoms with E-state index < -0.39 is 0 Å². The first-order chi connectivity index (χ1) is 8.11. The van der Waals surface area contributed by atoms with E-state index in [0.29, 0.717) is 13.2 Å². The van der Waals surface area contributed by atoms with Crippen molar-refractivity contribution in [2.45, 2.75) is 46.0 Å². The summed E-state index contributed by atoms with van der Waals surface area (Å²) in [6, 6.07) is 0. The molecule has 0 fully saturated rings. The van der Waals surface area contributed by atoms with Crippen LogP contribution in [0.2, 0.25) is 0 Å². The number of carbonyl (C=O) groups is 2. The van der Waals surface area contributed by atoms with E-state index in [1.807, 2.05) is 6.92 Å². The lowest BCUT2D eigenvalue weighted by molar-refractivity contribution is -0.143. The Morgan fingerprint density at radius 3 is 2.47 bits per heavy atom. The van der Waals surface area contributed by atoms with Crippen molar-refractivity contribution in [1.29, 1.82) is 0 Å². The van der Waals surface area contributed by atoms with Gasteiger partial charge in [-0.05, 0) is 13.3 Å². The molecule has 0 aromatic carbocycles. The van der Waals surface area contributed by atoms with Crippen LogP contribution in [0.4, 0.5) is 0 Å². The number of hydrogen-bond acceptors (Lipinski definition) is 3. The second-order valence-electron chi connectivity index (χ2n) is 3.92. The first-order valence-electron chi connectivity index (χ1n) is 6.23. The molecule has 4 heteroatoms. The Morgan fingerprint density at radius 1 is 1.18 bits per heavy atom. The molecule has 4 nitrogen and oxygen atoms in total. The zero-order chi connectivity index (χ0) is 13.1. The average Bonchev–Trinajstić information content (AvgIpc) is 2.29. The van der Waals surface area contributed by atoms with E-state index in [0.717, 1.165) is 25.7 Å². The second kappa shape index (κ2) is 9.87. The molecule has 0 saturated carbocycles. The van der Waals surface area contributed by atoms with Crippen molar-refractivity contribution in [3.8, 4) is 0 Å². The molecule has 0 aliphatic heterocycles. The summed E-state index contributed by atoms with van der Waals surface area (Å²) in [6.07, 6.45) is 4.24. The normalized spacial score (nSPS) is 9.76. The summed E-state index contributed by atoms with van der Waals surface area (Å²) in [6.45, 7) is 8.47. The van der Waals surface area contributed by atoms with Gasteiger partial charge >= 0.3 is 5.97 Å². The summed E-state index contributed by atoms with van der Waals surface area (Å²) in [5.41, 5.74) is 0.255. The summed E-state index contributed by atoms with van der Waals surface area (Å²) in [5, 5.41) is 2.59. The summed E-state index contributed by atoms with van der Waals surface area (Å²) in [4.78, 5) is 22.6. The number of esters is 1. The third kappa shape index (κ3) is 8.48. The van der Waals surface area contributed by atoms with Gasteiger partial charge in [0.15, 0.2) is 0 Å². The number of rotatable bonds is 9. The predicted molar refractivity (Wildman–Crippen MR) is 67.5 cm³/mol. The number of likely N-dealkylation sites (N-methyl/N-ethyl adjacent to an activating group) is 1. The van der Waals surface area contributed by atoms with E-state index in [1.165, 1.54) is 0 Å². The molecule has 0 atom stereocenters. The Bertz CT molecular complexity index is 261. The largest absolute Gasteiger partial charge is 0.465 e. The van der Waals surface area contributed by atoms with Gasteiger partial charge in [0.2, 0.25) is 5.91 Å². The molecule has 0 saturated heterocycles. The second-order valence-corrected chi connectivity index (χ2v) is 3.92. The fraction of sp³-hybridized carbons (Fsp3) is 0.692. The van der Waals surface area contributed by atoms with E-state index in [9.17, 15) is 9.59 Å². The lowest BCUT2D eigenvalue weighted by Gasteiger charge is -2.06. The predicted octanol–water partition coefficient (Wildman–Crippen LogP) is 2.19. The molecular formula is C13H23NO3. The number of ether oxygens (including phenoxy) is 1. The quantitative estimate of drug-likeness (QED) is 0.382. The molecule has 0 aromatic rings. The Kier molecular flexibility index (Phi) is 9.11. The highest BCUT2D eigenvalue weighted by Gasteiger charge is 2.11. The Morgan fingerprint density at radius 2 is 1.88 bits per heavy atom. The molecule has 0 unspecified atom stereocenters. The van der Waals surface area contributed by atoms with Gasteiger partial charge in [0.1, 0.15) is 0 Å². The monoisotopic (exact) mass is 241 g/mol. The van der Waals surface area contributed by atoms with Crippen molar-refractivity contribution < 1.29 is 14.3 Å². The molecule has 1 amide bonds. The fourth-order valence-corrected chi connectivity index (χ4v) is 1.31. The van der Waals surface area contributed by atoms with Crippen LogP contribution in [0.15, 0.2) is 12.2 Å². The molecule has 0 radical (unpaired) electrons. The lowest BCUT2D eigenvalue weighted by atomic mass is 10.2. The highest BCUT2D eigenvalue weighted by atomic mass is 16.5. The van der Waals surface area contributed by atoms with Crippen LogP contribution >= 0.6 is 0 Å². The highest BCUT2D eigenvalue weighted by Crippen LogP contribution is 2.03. The van der Waals surface area contributed by atoms with Crippen LogP contribution < -0.4 is 5.32 Å². The fourth-order valence-electron chi connectivity index (χ4n) is 1.31. The molecule has 0 bridgehead atoms. The SMILES string of the molecule is C=C(CC(=O)OCCCCCC)C(=O)NCC. The van der Waals surface area contributed by atoms with Gasteiger partial charge in [-0.25, -0.2) is 0 Å². The molecule has 0 aliphatic rings. The van der Waals surface area contributed by atoms with Crippen LogP contribution in [-0.4, -0.2) is 25.0 Å². The minimum absolute atomic E-state index is 0.0282. The van der Waals surface area contributed by atoms with E-state index in [4.69, 9.17) is 4.74 Å². The number of unbranched alkanes of at least 4 members (excludes halogenated alkanes) is 3. The first kappa shape index (κ1) is 15.7. The molecule has 17 heavy (non-hydrogen) atoms. The third-order valence-electron chi connectivity index (χ3n) is 2.28. The average molecular weight is 241 g/mol. The minimum atomic E-state index is -0.377. The van der Waals surface area contributed by atoms with Gasteiger partial charge in [-0.3, -0.25) is 9.59 Å². The molecule has 0 spiro atoms. The van der Waals surface area contributed by atoms with Gasteiger partial charge in [-0.15, -0.1) is 0 Å². The number of hydrogen-bond donors (Lipinski definition) is 1. The van der Waals surface area contributed by atoms with Crippen LogP contribution in [0, 0.1) is 0 Å². The Balaban J connectivity index is 3.64. The summed E-state index contributed by atoms with van der Waals surface area (Å²) in [5.74, 6) is -0.659. The van der Waals surface area contributed by atoms with Crippen LogP contribution in [0.1, 0.15) is 46.0 Å². The maximum absolute atomic E-state index is 11.3. The topological polar surface area (TPSA) is 55.4 Å². The maximum atomic E-state index is 11.3. The minimum Gasteiger partial charge on any atom is -0.465 e. The molecule has 0 heterocycles. The van der Waals surface area contributed by atoms with Crippen molar-refractivity contribution >= 4 is 11.9 Å². The zero-order valence-corrected chi connectivity index (χ0v) is 10.9. The van der Waals surface area contributed by atoms with Gasteiger partial charge < -0.3 is 10.1 Å². The zero-order valence-electron chi connectivity index (χ0n) is 10.9. The number of amides is 1.